The standard InChI is InChI=1S/C20H18ClFN4O2/c1-11-10-25-19(12(2)26(11)20(27)28)17(13-5-7-23-8-6-13)18(24-25)15-4-3-14(21)9-16(15)22/h3-9,11-12H,10H2,1-2H3,(H,27,28)/t11-,12?/m1/s1. The number of carboxylic acid groups (broad SMARTS) is 1. The number of benzene rings is 1. The van der Waals surface area contributed by atoms with Gasteiger partial charge in [-0.25, -0.2) is 9.18 Å². The molecule has 8 heteroatoms. The second-order valence-electron chi connectivity index (χ2n) is 6.87. The molecule has 4 rings (SSSR count). The van der Waals surface area contributed by atoms with Gasteiger partial charge >= 0.3 is 6.09 Å². The van der Waals surface area contributed by atoms with E-state index in [9.17, 15) is 14.3 Å². The van der Waals surface area contributed by atoms with Crippen LogP contribution in [0, 0.1) is 5.82 Å². The number of pyridine rings is 1. The molecule has 1 aliphatic rings. The van der Waals surface area contributed by atoms with Gasteiger partial charge in [0.1, 0.15) is 11.5 Å². The monoisotopic (exact) mass is 400 g/mol. The Morgan fingerprint density at radius 2 is 1.96 bits per heavy atom. The number of rotatable bonds is 2. The second kappa shape index (κ2) is 6.91. The normalized spacial score (nSPS) is 18.8. The first-order chi connectivity index (χ1) is 13.4. The van der Waals surface area contributed by atoms with E-state index in [-0.39, 0.29) is 6.04 Å². The van der Waals surface area contributed by atoms with E-state index in [2.05, 4.69) is 10.1 Å². The van der Waals surface area contributed by atoms with E-state index in [1.807, 2.05) is 26.0 Å². The Kier molecular flexibility index (Phi) is 4.55. The Bertz CT molecular complexity index is 1050. The molecule has 144 valence electrons. The highest BCUT2D eigenvalue weighted by molar-refractivity contribution is 6.30. The van der Waals surface area contributed by atoms with Gasteiger partial charge in [-0.1, -0.05) is 11.6 Å². The van der Waals surface area contributed by atoms with Crippen LogP contribution >= 0.6 is 11.6 Å². The summed E-state index contributed by atoms with van der Waals surface area (Å²) in [6, 6.07) is 7.38. The topological polar surface area (TPSA) is 71.2 Å². The van der Waals surface area contributed by atoms with Crippen LogP contribution in [0.4, 0.5) is 9.18 Å². The highest BCUT2D eigenvalue weighted by Crippen LogP contribution is 2.42. The van der Waals surface area contributed by atoms with Crippen molar-refractivity contribution in [3.8, 4) is 22.4 Å². The SMILES string of the molecule is CC1c2c(-c3ccncc3)c(-c3ccc(Cl)cc3F)nn2C[C@@H](C)N1C(=O)O. The summed E-state index contributed by atoms with van der Waals surface area (Å²) in [5.74, 6) is -0.478. The molecule has 3 heterocycles. The van der Waals surface area contributed by atoms with Crippen LogP contribution in [0.25, 0.3) is 22.4 Å². The first kappa shape index (κ1) is 18.4. The molecule has 1 aliphatic heterocycles. The molecule has 0 saturated heterocycles. The summed E-state index contributed by atoms with van der Waals surface area (Å²) in [6.07, 6.45) is 2.30. The largest absolute Gasteiger partial charge is 0.465 e. The molecule has 0 aliphatic carbocycles. The van der Waals surface area contributed by atoms with Gasteiger partial charge in [-0.15, -0.1) is 0 Å². The van der Waals surface area contributed by atoms with E-state index in [0.29, 0.717) is 28.4 Å². The maximum atomic E-state index is 14.7. The van der Waals surface area contributed by atoms with Gasteiger partial charge in [0.25, 0.3) is 0 Å². The third-order valence-electron chi connectivity index (χ3n) is 5.09. The fraction of sp³-hybridized carbons (Fsp3) is 0.250. The zero-order valence-corrected chi connectivity index (χ0v) is 16.1. The minimum Gasteiger partial charge on any atom is -0.465 e. The first-order valence-corrected chi connectivity index (χ1v) is 9.24. The summed E-state index contributed by atoms with van der Waals surface area (Å²) in [4.78, 5) is 17.3. The van der Waals surface area contributed by atoms with E-state index < -0.39 is 18.0 Å². The molecule has 0 spiro atoms. The van der Waals surface area contributed by atoms with Crippen molar-refractivity contribution in [1.29, 1.82) is 0 Å². The predicted molar refractivity (Wildman–Crippen MR) is 104 cm³/mol. The number of fused-ring (bicyclic) bond motifs is 1. The lowest BCUT2D eigenvalue weighted by Gasteiger charge is -2.37. The number of hydrogen-bond donors (Lipinski definition) is 1. The fourth-order valence-electron chi connectivity index (χ4n) is 3.92. The van der Waals surface area contributed by atoms with E-state index in [4.69, 9.17) is 11.6 Å². The average Bonchev–Trinajstić information content (AvgIpc) is 3.01. The van der Waals surface area contributed by atoms with Crippen LogP contribution in [0.1, 0.15) is 25.6 Å². The van der Waals surface area contributed by atoms with Crippen molar-refractivity contribution >= 4 is 17.7 Å². The minimum absolute atomic E-state index is 0.256. The van der Waals surface area contributed by atoms with Gasteiger partial charge in [0.15, 0.2) is 0 Å². The Balaban J connectivity index is 2.00. The third-order valence-corrected chi connectivity index (χ3v) is 5.33. The molecular weight excluding hydrogens is 383 g/mol. The Morgan fingerprint density at radius 1 is 1.25 bits per heavy atom. The van der Waals surface area contributed by atoms with Crippen LogP contribution in [0.3, 0.4) is 0 Å². The summed E-state index contributed by atoms with van der Waals surface area (Å²) < 4.78 is 16.5. The number of nitrogens with zero attached hydrogens (tertiary/aromatic N) is 4. The lowest BCUT2D eigenvalue weighted by Crippen LogP contribution is -2.46. The van der Waals surface area contributed by atoms with Crippen molar-refractivity contribution in [3.63, 3.8) is 0 Å². The number of aromatic nitrogens is 3. The molecule has 0 radical (unpaired) electrons. The van der Waals surface area contributed by atoms with Gasteiger partial charge in [0.05, 0.1) is 24.3 Å². The molecule has 6 nitrogen and oxygen atoms in total. The van der Waals surface area contributed by atoms with Crippen molar-refractivity contribution in [2.75, 3.05) is 0 Å². The predicted octanol–water partition coefficient (Wildman–Crippen LogP) is 4.85. The van der Waals surface area contributed by atoms with Crippen LogP contribution in [0.15, 0.2) is 42.7 Å². The Labute approximate surface area is 166 Å². The summed E-state index contributed by atoms with van der Waals surface area (Å²) in [5, 5.41) is 14.7. The lowest BCUT2D eigenvalue weighted by atomic mass is 9.95. The van der Waals surface area contributed by atoms with E-state index >= 15 is 0 Å². The number of halogens is 2. The van der Waals surface area contributed by atoms with Crippen LogP contribution in [-0.2, 0) is 6.54 Å². The molecule has 28 heavy (non-hydrogen) atoms. The zero-order chi connectivity index (χ0) is 20.0. The number of hydrogen-bond acceptors (Lipinski definition) is 3. The molecule has 1 unspecified atom stereocenters. The smallest absolute Gasteiger partial charge is 0.408 e. The third kappa shape index (κ3) is 2.92. The maximum Gasteiger partial charge on any atom is 0.408 e. The van der Waals surface area contributed by atoms with E-state index in [1.54, 1.807) is 29.2 Å². The van der Waals surface area contributed by atoms with Crippen LogP contribution in [-0.4, -0.2) is 36.9 Å². The average molecular weight is 401 g/mol. The number of amides is 1. The van der Waals surface area contributed by atoms with E-state index in [0.717, 1.165) is 11.3 Å². The molecule has 2 aromatic heterocycles. The fourth-order valence-corrected chi connectivity index (χ4v) is 4.08. The maximum absolute atomic E-state index is 14.7. The molecule has 1 amide bonds. The minimum atomic E-state index is -0.993. The summed E-state index contributed by atoms with van der Waals surface area (Å²) >= 11 is 5.91. The number of carbonyl (C=O) groups is 1. The molecule has 2 atom stereocenters. The van der Waals surface area contributed by atoms with Crippen LogP contribution in [0.2, 0.25) is 5.02 Å². The van der Waals surface area contributed by atoms with Crippen molar-refractivity contribution in [1.82, 2.24) is 19.7 Å². The molecular formula is C20H18ClFN4O2. The molecule has 0 bridgehead atoms. The van der Waals surface area contributed by atoms with Crippen molar-refractivity contribution in [2.24, 2.45) is 0 Å². The Hall–Kier alpha value is -2.93. The van der Waals surface area contributed by atoms with Gasteiger partial charge in [-0.05, 0) is 49.7 Å². The van der Waals surface area contributed by atoms with Crippen molar-refractivity contribution < 1.29 is 14.3 Å². The van der Waals surface area contributed by atoms with Crippen molar-refractivity contribution in [2.45, 2.75) is 32.5 Å². The summed E-state index contributed by atoms with van der Waals surface area (Å²) in [7, 11) is 0. The first-order valence-electron chi connectivity index (χ1n) is 8.86. The zero-order valence-electron chi connectivity index (χ0n) is 15.3. The highest BCUT2D eigenvalue weighted by atomic mass is 35.5. The van der Waals surface area contributed by atoms with Gasteiger partial charge in [0, 0.05) is 28.5 Å². The second-order valence-corrected chi connectivity index (χ2v) is 7.30. The van der Waals surface area contributed by atoms with Crippen molar-refractivity contribution in [3.05, 3.63) is 59.3 Å². The van der Waals surface area contributed by atoms with Gasteiger partial charge in [-0.2, -0.15) is 5.10 Å². The quantitative estimate of drug-likeness (QED) is 0.667. The van der Waals surface area contributed by atoms with Gasteiger partial charge in [0.2, 0.25) is 0 Å². The molecule has 1 aromatic carbocycles. The molecule has 0 saturated carbocycles. The van der Waals surface area contributed by atoms with Crippen LogP contribution < -0.4 is 0 Å². The summed E-state index contributed by atoms with van der Waals surface area (Å²) in [6.45, 7) is 4.05. The molecule has 3 aromatic rings. The summed E-state index contributed by atoms with van der Waals surface area (Å²) in [5.41, 5.74) is 3.01. The lowest BCUT2D eigenvalue weighted by molar-refractivity contribution is 0.0838. The Morgan fingerprint density at radius 3 is 2.61 bits per heavy atom. The van der Waals surface area contributed by atoms with Gasteiger partial charge in [-0.3, -0.25) is 14.6 Å². The van der Waals surface area contributed by atoms with Crippen LogP contribution in [0.5, 0.6) is 0 Å². The molecule has 0 fully saturated rings. The highest BCUT2D eigenvalue weighted by Gasteiger charge is 2.37. The molecule has 1 N–H and O–H groups in total. The van der Waals surface area contributed by atoms with Gasteiger partial charge < -0.3 is 5.11 Å². The van der Waals surface area contributed by atoms with E-state index in [1.165, 1.54) is 11.0 Å².